The number of benzene rings is 1. The van der Waals surface area contributed by atoms with E-state index in [2.05, 4.69) is 6.07 Å². The van der Waals surface area contributed by atoms with E-state index in [-0.39, 0.29) is 18.3 Å². The number of amides is 1. The van der Waals surface area contributed by atoms with Crippen LogP contribution >= 0.6 is 0 Å². The van der Waals surface area contributed by atoms with E-state index < -0.39 is 6.04 Å². The van der Waals surface area contributed by atoms with Crippen LogP contribution < -0.4 is 0 Å². The van der Waals surface area contributed by atoms with Crippen molar-refractivity contribution in [2.24, 2.45) is 0 Å². The van der Waals surface area contributed by atoms with Gasteiger partial charge in [0.2, 0.25) is 5.91 Å². The van der Waals surface area contributed by atoms with Crippen LogP contribution in [-0.4, -0.2) is 16.8 Å². The van der Waals surface area contributed by atoms with Gasteiger partial charge in [0.1, 0.15) is 11.9 Å². The summed E-state index contributed by atoms with van der Waals surface area (Å²) in [6.45, 7) is 0.184. The van der Waals surface area contributed by atoms with Crippen molar-refractivity contribution in [1.82, 2.24) is 4.90 Å². The Morgan fingerprint density at radius 2 is 2.25 bits per heavy atom. The summed E-state index contributed by atoms with van der Waals surface area (Å²) >= 11 is 0. The quantitative estimate of drug-likeness (QED) is 0.760. The van der Waals surface area contributed by atoms with Gasteiger partial charge in [-0.15, -0.1) is 0 Å². The fraction of sp³-hybridized carbons (Fsp3) is 0.333. The molecule has 82 valence electrons. The Hall–Kier alpha value is -1.89. The Labute approximate surface area is 93.1 Å². The average molecular weight is 218 g/mol. The maximum atomic E-state index is 13.4. The van der Waals surface area contributed by atoms with Gasteiger partial charge in [0.05, 0.1) is 6.07 Å². The molecule has 1 unspecified atom stereocenters. The summed E-state index contributed by atoms with van der Waals surface area (Å²) in [6.07, 6.45) is 0.927. The Balaban J connectivity index is 2.18. The van der Waals surface area contributed by atoms with Crippen molar-refractivity contribution in [3.8, 4) is 6.07 Å². The van der Waals surface area contributed by atoms with Gasteiger partial charge in [-0.25, -0.2) is 4.39 Å². The zero-order valence-corrected chi connectivity index (χ0v) is 8.69. The monoisotopic (exact) mass is 218 g/mol. The summed E-state index contributed by atoms with van der Waals surface area (Å²) in [7, 11) is 0. The van der Waals surface area contributed by atoms with Crippen LogP contribution in [0.3, 0.4) is 0 Å². The molecular weight excluding hydrogens is 207 g/mol. The summed E-state index contributed by atoms with van der Waals surface area (Å²) in [5.74, 6) is -0.409. The van der Waals surface area contributed by atoms with Gasteiger partial charge in [0.25, 0.3) is 0 Å². The van der Waals surface area contributed by atoms with E-state index in [1.165, 1.54) is 11.0 Å². The van der Waals surface area contributed by atoms with Gasteiger partial charge in [-0.1, -0.05) is 18.2 Å². The molecule has 0 N–H and O–H groups in total. The minimum Gasteiger partial charge on any atom is -0.322 e. The highest BCUT2D eigenvalue weighted by Crippen LogP contribution is 2.21. The molecule has 0 aromatic heterocycles. The average Bonchev–Trinajstić information content (AvgIpc) is 2.63. The first kappa shape index (κ1) is 10.6. The lowest BCUT2D eigenvalue weighted by atomic mass is 10.2. The first-order valence-corrected chi connectivity index (χ1v) is 5.15. The standard InChI is InChI=1S/C12H11FN2O/c13-11-4-2-1-3-9(11)8-15-10(7-14)5-6-12(15)16/h1-4,10H,5-6,8H2. The SMILES string of the molecule is N#CC1CCC(=O)N1Cc1ccccc1F. The molecule has 16 heavy (non-hydrogen) atoms. The van der Waals surface area contributed by atoms with Crippen LogP contribution in [0.1, 0.15) is 18.4 Å². The number of rotatable bonds is 2. The van der Waals surface area contributed by atoms with E-state index in [1.807, 2.05) is 0 Å². The van der Waals surface area contributed by atoms with E-state index in [1.54, 1.807) is 18.2 Å². The van der Waals surface area contributed by atoms with Gasteiger partial charge >= 0.3 is 0 Å². The highest BCUT2D eigenvalue weighted by molar-refractivity contribution is 5.79. The van der Waals surface area contributed by atoms with Crippen molar-refractivity contribution in [2.45, 2.75) is 25.4 Å². The largest absolute Gasteiger partial charge is 0.322 e. The van der Waals surface area contributed by atoms with Crippen LogP contribution in [-0.2, 0) is 11.3 Å². The number of carbonyl (C=O) groups excluding carboxylic acids is 1. The number of nitriles is 1. The van der Waals surface area contributed by atoms with Crippen molar-refractivity contribution in [1.29, 1.82) is 5.26 Å². The molecule has 1 aromatic rings. The van der Waals surface area contributed by atoms with E-state index in [0.29, 0.717) is 18.4 Å². The number of hydrogen-bond acceptors (Lipinski definition) is 2. The molecule has 1 aromatic carbocycles. The molecule has 4 heteroatoms. The van der Waals surface area contributed by atoms with Gasteiger partial charge in [-0.05, 0) is 12.5 Å². The smallest absolute Gasteiger partial charge is 0.224 e. The van der Waals surface area contributed by atoms with Gasteiger partial charge in [0.15, 0.2) is 0 Å². The number of hydrogen-bond donors (Lipinski definition) is 0. The second-order valence-electron chi connectivity index (χ2n) is 3.80. The molecule has 0 aliphatic carbocycles. The van der Waals surface area contributed by atoms with Crippen LogP contribution in [0.5, 0.6) is 0 Å². The topological polar surface area (TPSA) is 44.1 Å². The maximum absolute atomic E-state index is 13.4. The third-order valence-corrected chi connectivity index (χ3v) is 2.78. The molecular formula is C12H11FN2O. The van der Waals surface area contributed by atoms with E-state index in [4.69, 9.17) is 5.26 Å². The Bertz CT molecular complexity index is 453. The molecule has 1 fully saturated rings. The van der Waals surface area contributed by atoms with Crippen molar-refractivity contribution >= 4 is 5.91 Å². The van der Waals surface area contributed by atoms with Crippen LogP contribution in [0.15, 0.2) is 24.3 Å². The van der Waals surface area contributed by atoms with Gasteiger partial charge in [-0.3, -0.25) is 4.79 Å². The van der Waals surface area contributed by atoms with Crippen molar-refractivity contribution < 1.29 is 9.18 Å². The predicted molar refractivity (Wildman–Crippen MR) is 55.6 cm³/mol. The van der Waals surface area contributed by atoms with Crippen LogP contribution in [0, 0.1) is 17.1 Å². The summed E-state index contributed by atoms with van der Waals surface area (Å²) in [5.41, 5.74) is 0.456. The van der Waals surface area contributed by atoms with E-state index in [0.717, 1.165) is 0 Å². The van der Waals surface area contributed by atoms with E-state index in [9.17, 15) is 9.18 Å². The summed E-state index contributed by atoms with van der Waals surface area (Å²) < 4.78 is 13.4. The molecule has 0 saturated carbocycles. The second-order valence-corrected chi connectivity index (χ2v) is 3.80. The number of likely N-dealkylation sites (tertiary alicyclic amines) is 1. The van der Waals surface area contributed by atoms with Gasteiger partial charge in [-0.2, -0.15) is 5.26 Å². The van der Waals surface area contributed by atoms with Crippen molar-refractivity contribution in [3.05, 3.63) is 35.6 Å². The molecule has 0 spiro atoms. The fourth-order valence-corrected chi connectivity index (χ4v) is 1.88. The third-order valence-electron chi connectivity index (χ3n) is 2.78. The minimum absolute atomic E-state index is 0.0743. The number of carbonyl (C=O) groups is 1. The molecule has 0 radical (unpaired) electrons. The minimum atomic E-state index is -0.410. The predicted octanol–water partition coefficient (Wildman–Crippen LogP) is 1.84. The van der Waals surface area contributed by atoms with E-state index >= 15 is 0 Å². The molecule has 1 aliphatic rings. The second kappa shape index (κ2) is 4.31. The fourth-order valence-electron chi connectivity index (χ4n) is 1.88. The van der Waals surface area contributed by atoms with Crippen LogP contribution in [0.4, 0.5) is 4.39 Å². The molecule has 2 rings (SSSR count). The van der Waals surface area contributed by atoms with Crippen molar-refractivity contribution in [2.75, 3.05) is 0 Å². The zero-order valence-electron chi connectivity index (χ0n) is 8.69. The Kier molecular flexibility index (Phi) is 2.86. The lowest BCUT2D eigenvalue weighted by Gasteiger charge is -2.19. The zero-order chi connectivity index (χ0) is 11.5. The van der Waals surface area contributed by atoms with Crippen LogP contribution in [0.2, 0.25) is 0 Å². The summed E-state index contributed by atoms with van der Waals surface area (Å²) in [5, 5.41) is 8.86. The lowest BCUT2D eigenvalue weighted by Crippen LogP contribution is -2.31. The molecule has 3 nitrogen and oxygen atoms in total. The lowest BCUT2D eigenvalue weighted by molar-refractivity contribution is -0.128. The third kappa shape index (κ3) is 1.89. The maximum Gasteiger partial charge on any atom is 0.224 e. The normalized spacial score (nSPS) is 19.9. The first-order chi connectivity index (χ1) is 7.72. The molecule has 0 bridgehead atoms. The molecule has 1 heterocycles. The number of halogens is 1. The highest BCUT2D eigenvalue weighted by atomic mass is 19.1. The van der Waals surface area contributed by atoms with Crippen LogP contribution in [0.25, 0.3) is 0 Å². The van der Waals surface area contributed by atoms with Crippen molar-refractivity contribution in [3.63, 3.8) is 0 Å². The molecule has 1 amide bonds. The Morgan fingerprint density at radius 1 is 1.50 bits per heavy atom. The molecule has 1 aliphatic heterocycles. The molecule has 1 atom stereocenters. The van der Waals surface area contributed by atoms with Gasteiger partial charge in [0, 0.05) is 18.5 Å². The Morgan fingerprint density at radius 3 is 2.94 bits per heavy atom. The highest BCUT2D eigenvalue weighted by Gasteiger charge is 2.31. The number of nitrogens with zero attached hydrogens (tertiary/aromatic N) is 2. The summed E-state index contributed by atoms with van der Waals surface area (Å²) in [4.78, 5) is 13.0. The first-order valence-electron chi connectivity index (χ1n) is 5.15. The summed E-state index contributed by atoms with van der Waals surface area (Å²) in [6, 6.07) is 7.98. The molecule has 1 saturated heterocycles. The van der Waals surface area contributed by atoms with Gasteiger partial charge < -0.3 is 4.90 Å².